The maximum absolute atomic E-state index is 4.20. The quantitative estimate of drug-likeness (QED) is 0.566. The molecule has 0 aromatic rings. The second-order valence-electron chi connectivity index (χ2n) is 2.93. The van der Waals surface area contributed by atoms with E-state index in [1.165, 1.54) is 25.7 Å². The highest BCUT2D eigenvalue weighted by molar-refractivity contribution is 7.80. The summed E-state index contributed by atoms with van der Waals surface area (Å²) in [6.45, 7) is 5.61. The van der Waals surface area contributed by atoms with Crippen molar-refractivity contribution in [1.29, 1.82) is 0 Å². The summed E-state index contributed by atoms with van der Waals surface area (Å²) in [4.78, 5) is 0. The van der Waals surface area contributed by atoms with Crippen molar-refractivity contribution in [1.82, 2.24) is 5.32 Å². The van der Waals surface area contributed by atoms with Gasteiger partial charge in [0.15, 0.2) is 0 Å². The highest BCUT2D eigenvalue weighted by atomic mass is 32.1. The van der Waals surface area contributed by atoms with Crippen LogP contribution in [0.2, 0.25) is 0 Å². The van der Waals surface area contributed by atoms with E-state index in [2.05, 4.69) is 31.8 Å². The number of thiol groups is 1. The van der Waals surface area contributed by atoms with E-state index in [1.807, 2.05) is 0 Å². The zero-order chi connectivity index (χ0) is 8.53. The Balaban J connectivity index is 3.25. The molecular weight excluding hydrogens is 154 g/mol. The Labute approximate surface area is 76.4 Å². The molecule has 0 rings (SSSR count). The van der Waals surface area contributed by atoms with Gasteiger partial charge in [0.05, 0.1) is 0 Å². The summed E-state index contributed by atoms with van der Waals surface area (Å²) in [6, 6.07) is 0.724. The van der Waals surface area contributed by atoms with Crippen molar-refractivity contribution in [2.24, 2.45) is 0 Å². The van der Waals surface area contributed by atoms with Crippen LogP contribution in [0.25, 0.3) is 0 Å². The molecule has 0 aliphatic heterocycles. The lowest BCUT2D eigenvalue weighted by molar-refractivity contribution is 0.465. The minimum absolute atomic E-state index is 0.724. The van der Waals surface area contributed by atoms with Gasteiger partial charge < -0.3 is 5.32 Å². The van der Waals surface area contributed by atoms with Gasteiger partial charge in [-0.15, -0.1) is 0 Å². The standard InChI is InChI=1S/C9H21NS/c1-3-7-10-9(4-2)6-5-8-11/h9-11H,3-8H2,1-2H3. The molecule has 0 saturated carbocycles. The molecule has 1 atom stereocenters. The lowest BCUT2D eigenvalue weighted by Crippen LogP contribution is -2.28. The van der Waals surface area contributed by atoms with Crippen molar-refractivity contribution in [2.75, 3.05) is 12.3 Å². The third-order valence-corrected chi connectivity index (χ3v) is 2.20. The summed E-state index contributed by atoms with van der Waals surface area (Å²) in [5, 5.41) is 3.52. The summed E-state index contributed by atoms with van der Waals surface area (Å²) < 4.78 is 0. The van der Waals surface area contributed by atoms with Crippen molar-refractivity contribution in [2.45, 2.75) is 45.6 Å². The van der Waals surface area contributed by atoms with E-state index >= 15 is 0 Å². The van der Waals surface area contributed by atoms with Gasteiger partial charge >= 0.3 is 0 Å². The lowest BCUT2D eigenvalue weighted by atomic mass is 10.1. The maximum Gasteiger partial charge on any atom is 0.00647 e. The molecule has 1 unspecified atom stereocenters. The Bertz CT molecular complexity index is 68.0. The fourth-order valence-corrected chi connectivity index (χ4v) is 1.32. The van der Waals surface area contributed by atoms with E-state index in [0.717, 1.165) is 18.3 Å². The molecule has 0 radical (unpaired) electrons. The van der Waals surface area contributed by atoms with Crippen molar-refractivity contribution in [3.63, 3.8) is 0 Å². The molecule has 0 aliphatic rings. The Morgan fingerprint density at radius 1 is 1.36 bits per heavy atom. The average Bonchev–Trinajstić information content (AvgIpc) is 2.05. The Hall–Kier alpha value is 0.310. The zero-order valence-corrected chi connectivity index (χ0v) is 8.66. The molecule has 0 saturated heterocycles. The molecule has 11 heavy (non-hydrogen) atoms. The number of hydrogen-bond acceptors (Lipinski definition) is 2. The third kappa shape index (κ3) is 6.70. The average molecular weight is 175 g/mol. The fraction of sp³-hybridized carbons (Fsp3) is 1.00. The van der Waals surface area contributed by atoms with Crippen LogP contribution >= 0.6 is 12.6 Å². The molecule has 0 spiro atoms. The SMILES string of the molecule is CCCNC(CC)CCCS. The van der Waals surface area contributed by atoms with Crippen LogP contribution in [0.1, 0.15) is 39.5 Å². The van der Waals surface area contributed by atoms with Gasteiger partial charge in [-0.25, -0.2) is 0 Å². The molecule has 1 N–H and O–H groups in total. The molecule has 0 fully saturated rings. The van der Waals surface area contributed by atoms with Crippen LogP contribution in [0, 0.1) is 0 Å². The molecule has 0 aliphatic carbocycles. The van der Waals surface area contributed by atoms with Gasteiger partial charge in [-0.1, -0.05) is 13.8 Å². The normalized spacial score (nSPS) is 13.4. The summed E-state index contributed by atoms with van der Waals surface area (Å²) in [7, 11) is 0. The largest absolute Gasteiger partial charge is 0.314 e. The third-order valence-electron chi connectivity index (χ3n) is 1.89. The van der Waals surface area contributed by atoms with Crippen molar-refractivity contribution < 1.29 is 0 Å². The van der Waals surface area contributed by atoms with E-state index in [-0.39, 0.29) is 0 Å². The molecule has 0 aromatic heterocycles. The van der Waals surface area contributed by atoms with Gasteiger partial charge in [0.25, 0.3) is 0 Å². The van der Waals surface area contributed by atoms with E-state index in [9.17, 15) is 0 Å². The minimum Gasteiger partial charge on any atom is -0.314 e. The summed E-state index contributed by atoms with van der Waals surface area (Å²) in [6.07, 6.45) is 4.99. The van der Waals surface area contributed by atoms with E-state index in [1.54, 1.807) is 0 Å². The van der Waals surface area contributed by atoms with Gasteiger partial charge in [-0.3, -0.25) is 0 Å². The van der Waals surface area contributed by atoms with Crippen LogP contribution in [0.3, 0.4) is 0 Å². The summed E-state index contributed by atoms with van der Waals surface area (Å²) in [5.41, 5.74) is 0. The van der Waals surface area contributed by atoms with Gasteiger partial charge in [-0.05, 0) is 38.0 Å². The first kappa shape index (κ1) is 11.3. The minimum atomic E-state index is 0.724. The highest BCUT2D eigenvalue weighted by Gasteiger charge is 2.02. The monoisotopic (exact) mass is 175 g/mol. The molecule has 0 aromatic carbocycles. The van der Waals surface area contributed by atoms with Gasteiger partial charge in [-0.2, -0.15) is 12.6 Å². The van der Waals surface area contributed by atoms with E-state index in [0.29, 0.717) is 0 Å². The van der Waals surface area contributed by atoms with Crippen LogP contribution in [0.4, 0.5) is 0 Å². The molecular formula is C9H21NS. The fourth-order valence-electron chi connectivity index (χ4n) is 1.14. The predicted molar refractivity (Wildman–Crippen MR) is 55.5 cm³/mol. The second kappa shape index (κ2) is 8.41. The van der Waals surface area contributed by atoms with Crippen molar-refractivity contribution in [3.05, 3.63) is 0 Å². The van der Waals surface area contributed by atoms with Crippen LogP contribution in [0.15, 0.2) is 0 Å². The summed E-state index contributed by atoms with van der Waals surface area (Å²) >= 11 is 4.20. The van der Waals surface area contributed by atoms with Crippen LogP contribution in [-0.2, 0) is 0 Å². The number of nitrogens with one attached hydrogen (secondary N) is 1. The molecule has 0 heterocycles. The molecule has 2 heteroatoms. The van der Waals surface area contributed by atoms with E-state index in [4.69, 9.17) is 0 Å². The number of rotatable bonds is 7. The first-order valence-electron chi connectivity index (χ1n) is 4.69. The molecule has 0 bridgehead atoms. The maximum atomic E-state index is 4.20. The van der Waals surface area contributed by atoms with Crippen molar-refractivity contribution >= 4 is 12.6 Å². The first-order chi connectivity index (χ1) is 5.35. The molecule has 68 valence electrons. The summed E-state index contributed by atoms with van der Waals surface area (Å²) in [5.74, 6) is 1.02. The van der Waals surface area contributed by atoms with Crippen molar-refractivity contribution in [3.8, 4) is 0 Å². The first-order valence-corrected chi connectivity index (χ1v) is 5.32. The van der Waals surface area contributed by atoms with E-state index < -0.39 is 0 Å². The highest BCUT2D eigenvalue weighted by Crippen LogP contribution is 2.02. The van der Waals surface area contributed by atoms with Gasteiger partial charge in [0, 0.05) is 6.04 Å². The van der Waals surface area contributed by atoms with Crippen LogP contribution in [0.5, 0.6) is 0 Å². The zero-order valence-electron chi connectivity index (χ0n) is 7.77. The van der Waals surface area contributed by atoms with Crippen LogP contribution in [-0.4, -0.2) is 18.3 Å². The second-order valence-corrected chi connectivity index (χ2v) is 3.37. The predicted octanol–water partition coefficient (Wildman–Crippen LogP) is 2.47. The lowest BCUT2D eigenvalue weighted by Gasteiger charge is -2.15. The van der Waals surface area contributed by atoms with Gasteiger partial charge in [0.1, 0.15) is 0 Å². The number of hydrogen-bond donors (Lipinski definition) is 2. The Kier molecular flexibility index (Phi) is 8.64. The van der Waals surface area contributed by atoms with Gasteiger partial charge in [0.2, 0.25) is 0 Å². The topological polar surface area (TPSA) is 12.0 Å². The molecule has 1 nitrogen and oxygen atoms in total. The smallest absolute Gasteiger partial charge is 0.00647 e. The van der Waals surface area contributed by atoms with Crippen LogP contribution < -0.4 is 5.32 Å². The Morgan fingerprint density at radius 2 is 2.09 bits per heavy atom. The molecule has 0 amide bonds. The Morgan fingerprint density at radius 3 is 2.55 bits per heavy atom.